The Labute approximate surface area is 93.7 Å². The van der Waals surface area contributed by atoms with Gasteiger partial charge < -0.3 is 10.3 Å². The lowest BCUT2D eigenvalue weighted by atomic mass is 10.1. The lowest BCUT2D eigenvalue weighted by molar-refractivity contribution is 0.103. The molecule has 0 aliphatic heterocycles. The number of nitrogen functional groups attached to an aromatic ring is 1. The van der Waals surface area contributed by atoms with Crippen LogP contribution in [0.15, 0.2) is 30.3 Å². The van der Waals surface area contributed by atoms with E-state index in [1.807, 2.05) is 25.1 Å². The third-order valence-electron chi connectivity index (χ3n) is 2.60. The lowest BCUT2D eigenvalue weighted by Crippen LogP contribution is -2.10. The van der Waals surface area contributed by atoms with E-state index in [4.69, 9.17) is 5.73 Å². The number of nitrogens with zero attached hydrogens (tertiary/aromatic N) is 2. The Morgan fingerprint density at radius 1 is 1.31 bits per heavy atom. The smallest absolute Gasteiger partial charge is 0.213 e. The van der Waals surface area contributed by atoms with Crippen LogP contribution in [0.25, 0.3) is 0 Å². The minimum absolute atomic E-state index is 0.0961. The van der Waals surface area contributed by atoms with Gasteiger partial charge in [0.2, 0.25) is 5.78 Å². The van der Waals surface area contributed by atoms with E-state index >= 15 is 0 Å². The zero-order valence-electron chi connectivity index (χ0n) is 9.27. The SMILES string of the molecule is Cc1nc(N)c(C(=O)c2ccccc2)n1C. The number of imidazole rings is 1. The lowest BCUT2D eigenvalue weighted by Gasteiger charge is -2.03. The van der Waals surface area contributed by atoms with Crippen molar-refractivity contribution in [2.45, 2.75) is 6.92 Å². The molecule has 0 bridgehead atoms. The quantitative estimate of drug-likeness (QED) is 0.773. The van der Waals surface area contributed by atoms with Gasteiger partial charge in [-0.05, 0) is 6.92 Å². The number of hydrogen-bond donors (Lipinski definition) is 1. The van der Waals surface area contributed by atoms with Gasteiger partial charge in [0.05, 0.1) is 0 Å². The van der Waals surface area contributed by atoms with Gasteiger partial charge in [0.25, 0.3) is 0 Å². The first-order valence-corrected chi connectivity index (χ1v) is 5.00. The maximum Gasteiger partial charge on any atom is 0.213 e. The molecule has 82 valence electrons. The molecule has 4 heteroatoms. The summed E-state index contributed by atoms with van der Waals surface area (Å²) in [7, 11) is 1.79. The van der Waals surface area contributed by atoms with Crippen LogP contribution >= 0.6 is 0 Å². The largest absolute Gasteiger partial charge is 0.382 e. The van der Waals surface area contributed by atoms with Crippen molar-refractivity contribution in [3.8, 4) is 0 Å². The molecule has 0 fully saturated rings. The summed E-state index contributed by atoms with van der Waals surface area (Å²) in [5.41, 5.74) is 6.80. The van der Waals surface area contributed by atoms with Crippen molar-refractivity contribution in [2.75, 3.05) is 5.73 Å². The molecule has 2 N–H and O–H groups in total. The molecule has 0 unspecified atom stereocenters. The van der Waals surface area contributed by atoms with E-state index in [1.54, 1.807) is 23.7 Å². The highest BCUT2D eigenvalue weighted by molar-refractivity contribution is 6.10. The second-order valence-electron chi connectivity index (χ2n) is 3.65. The first kappa shape index (κ1) is 10.4. The fourth-order valence-corrected chi connectivity index (χ4v) is 1.63. The van der Waals surface area contributed by atoms with Crippen LogP contribution in [-0.4, -0.2) is 15.3 Å². The van der Waals surface area contributed by atoms with Crippen LogP contribution in [0.5, 0.6) is 0 Å². The number of carbonyl (C=O) groups excluding carboxylic acids is 1. The molecule has 0 radical (unpaired) electrons. The number of ketones is 1. The van der Waals surface area contributed by atoms with E-state index in [0.29, 0.717) is 11.3 Å². The summed E-state index contributed by atoms with van der Waals surface area (Å²) in [6.07, 6.45) is 0. The molecule has 0 spiro atoms. The molecule has 2 rings (SSSR count). The van der Waals surface area contributed by atoms with Gasteiger partial charge in [-0.25, -0.2) is 4.98 Å². The summed E-state index contributed by atoms with van der Waals surface area (Å²) >= 11 is 0. The molecular formula is C12H13N3O. The molecule has 1 aromatic heterocycles. The predicted octanol–water partition coefficient (Wildman–Crippen LogP) is 1.54. The Bertz CT molecular complexity index is 529. The first-order chi connectivity index (χ1) is 7.61. The van der Waals surface area contributed by atoms with Crippen LogP contribution < -0.4 is 5.73 Å². The molecule has 0 aliphatic carbocycles. The summed E-state index contributed by atoms with van der Waals surface area (Å²) in [5.74, 6) is 0.923. The molecule has 16 heavy (non-hydrogen) atoms. The van der Waals surface area contributed by atoms with Crippen molar-refractivity contribution in [3.05, 3.63) is 47.4 Å². The van der Waals surface area contributed by atoms with Gasteiger partial charge in [-0.2, -0.15) is 0 Å². The van der Waals surface area contributed by atoms with Gasteiger partial charge in [-0.3, -0.25) is 4.79 Å². The third kappa shape index (κ3) is 1.58. The van der Waals surface area contributed by atoms with Gasteiger partial charge >= 0.3 is 0 Å². The minimum atomic E-state index is -0.0961. The number of nitrogens with two attached hydrogens (primary N) is 1. The average Bonchev–Trinajstić information content (AvgIpc) is 2.54. The maximum absolute atomic E-state index is 12.2. The summed E-state index contributed by atoms with van der Waals surface area (Å²) in [5, 5.41) is 0. The summed E-state index contributed by atoms with van der Waals surface area (Å²) < 4.78 is 1.71. The summed E-state index contributed by atoms with van der Waals surface area (Å²) in [6, 6.07) is 9.06. The number of aromatic nitrogens is 2. The number of hydrogen-bond acceptors (Lipinski definition) is 3. The maximum atomic E-state index is 12.2. The van der Waals surface area contributed by atoms with Crippen molar-refractivity contribution in [1.82, 2.24) is 9.55 Å². The molecule has 4 nitrogen and oxygen atoms in total. The van der Waals surface area contributed by atoms with Crippen molar-refractivity contribution in [1.29, 1.82) is 0 Å². The van der Waals surface area contributed by atoms with E-state index in [9.17, 15) is 4.79 Å². The fraction of sp³-hybridized carbons (Fsp3) is 0.167. The Morgan fingerprint density at radius 3 is 2.44 bits per heavy atom. The van der Waals surface area contributed by atoms with Crippen LogP contribution in [0.1, 0.15) is 21.9 Å². The molecule has 0 saturated heterocycles. The molecular weight excluding hydrogens is 202 g/mol. The zero-order valence-corrected chi connectivity index (χ0v) is 9.27. The predicted molar refractivity (Wildman–Crippen MR) is 62.2 cm³/mol. The fourth-order valence-electron chi connectivity index (χ4n) is 1.63. The van der Waals surface area contributed by atoms with Crippen LogP contribution in [-0.2, 0) is 7.05 Å². The van der Waals surface area contributed by atoms with E-state index in [-0.39, 0.29) is 11.6 Å². The van der Waals surface area contributed by atoms with Crippen molar-refractivity contribution < 1.29 is 4.79 Å². The molecule has 1 heterocycles. The first-order valence-electron chi connectivity index (χ1n) is 5.00. The van der Waals surface area contributed by atoms with Crippen LogP contribution in [0.4, 0.5) is 5.82 Å². The molecule has 2 aromatic rings. The summed E-state index contributed by atoms with van der Waals surface area (Å²) in [6.45, 7) is 1.82. The monoisotopic (exact) mass is 215 g/mol. The summed E-state index contributed by atoms with van der Waals surface area (Å²) in [4.78, 5) is 16.2. The van der Waals surface area contributed by atoms with Gasteiger partial charge in [0.15, 0.2) is 5.82 Å². The second-order valence-corrected chi connectivity index (χ2v) is 3.65. The van der Waals surface area contributed by atoms with Crippen molar-refractivity contribution in [3.63, 3.8) is 0 Å². The van der Waals surface area contributed by atoms with Gasteiger partial charge in [-0.1, -0.05) is 30.3 Å². The number of benzene rings is 1. The molecule has 0 aliphatic rings. The van der Waals surface area contributed by atoms with Crippen LogP contribution in [0, 0.1) is 6.92 Å². The number of rotatable bonds is 2. The molecule has 0 saturated carbocycles. The normalized spacial score (nSPS) is 10.4. The average molecular weight is 215 g/mol. The van der Waals surface area contributed by atoms with Crippen LogP contribution in [0.3, 0.4) is 0 Å². The zero-order chi connectivity index (χ0) is 11.7. The van der Waals surface area contributed by atoms with Crippen LogP contribution in [0.2, 0.25) is 0 Å². The molecule has 0 amide bonds. The Morgan fingerprint density at radius 2 is 1.94 bits per heavy atom. The van der Waals surface area contributed by atoms with Gasteiger partial charge in [0.1, 0.15) is 11.5 Å². The van der Waals surface area contributed by atoms with Crippen molar-refractivity contribution >= 4 is 11.6 Å². The van der Waals surface area contributed by atoms with Gasteiger partial charge in [0, 0.05) is 12.6 Å². The Kier molecular flexibility index (Phi) is 2.48. The van der Waals surface area contributed by atoms with Gasteiger partial charge in [-0.15, -0.1) is 0 Å². The second kappa shape index (κ2) is 3.81. The highest BCUT2D eigenvalue weighted by Crippen LogP contribution is 2.16. The minimum Gasteiger partial charge on any atom is -0.382 e. The number of carbonyl (C=O) groups is 1. The number of anilines is 1. The highest BCUT2D eigenvalue weighted by atomic mass is 16.1. The third-order valence-corrected chi connectivity index (χ3v) is 2.60. The van der Waals surface area contributed by atoms with Crippen molar-refractivity contribution in [2.24, 2.45) is 7.05 Å². The van der Waals surface area contributed by atoms with E-state index < -0.39 is 0 Å². The van der Waals surface area contributed by atoms with E-state index in [0.717, 1.165) is 5.82 Å². The Hall–Kier alpha value is -2.10. The van der Waals surface area contributed by atoms with E-state index in [2.05, 4.69) is 4.98 Å². The topological polar surface area (TPSA) is 60.9 Å². The highest BCUT2D eigenvalue weighted by Gasteiger charge is 2.18. The molecule has 1 aromatic carbocycles. The standard InChI is InChI=1S/C12H13N3O/c1-8-14-12(13)10(15(8)2)11(16)9-6-4-3-5-7-9/h3-7H,13H2,1-2H3. The molecule has 0 atom stereocenters. The van der Waals surface area contributed by atoms with E-state index in [1.165, 1.54) is 0 Å². The Balaban J connectivity index is 2.50. The number of aryl methyl sites for hydroxylation is 1.